The van der Waals surface area contributed by atoms with Crippen LogP contribution in [0.5, 0.6) is 5.75 Å². The Hall–Kier alpha value is -2.89. The molecule has 140 valence electrons. The van der Waals surface area contributed by atoms with Crippen LogP contribution >= 0.6 is 0 Å². The number of nitrogens with zero attached hydrogens (tertiary/aromatic N) is 3. The van der Waals surface area contributed by atoms with Crippen molar-refractivity contribution in [1.29, 1.82) is 0 Å². The zero-order valence-corrected chi connectivity index (χ0v) is 15.3. The Labute approximate surface area is 157 Å². The first-order chi connectivity index (χ1) is 13.1. The number of fused-ring (bicyclic) bond motifs is 1. The molecule has 6 heteroatoms. The van der Waals surface area contributed by atoms with E-state index in [1.165, 1.54) is 6.07 Å². The number of rotatable bonds is 4. The summed E-state index contributed by atoms with van der Waals surface area (Å²) >= 11 is 0. The van der Waals surface area contributed by atoms with Crippen LogP contribution in [0.3, 0.4) is 0 Å². The largest absolute Gasteiger partial charge is 0.490 e. The maximum Gasteiger partial charge on any atom is 0.274 e. The van der Waals surface area contributed by atoms with E-state index in [4.69, 9.17) is 4.74 Å². The third-order valence-corrected chi connectivity index (χ3v) is 4.95. The first kappa shape index (κ1) is 17.5. The van der Waals surface area contributed by atoms with Gasteiger partial charge in [-0.1, -0.05) is 12.1 Å². The number of halogens is 1. The average molecular weight is 367 g/mol. The zero-order valence-electron chi connectivity index (χ0n) is 15.3. The summed E-state index contributed by atoms with van der Waals surface area (Å²) in [4.78, 5) is 19.2. The van der Waals surface area contributed by atoms with E-state index in [9.17, 15) is 9.18 Å². The number of aryl methyl sites for hydroxylation is 1. The number of amides is 1. The number of hydrogen-bond acceptors (Lipinski definition) is 3. The molecule has 1 atom stereocenters. The van der Waals surface area contributed by atoms with E-state index in [-0.39, 0.29) is 23.4 Å². The Kier molecular flexibility index (Phi) is 4.79. The number of pyridine rings is 1. The lowest BCUT2D eigenvalue weighted by molar-refractivity contribution is 0.0626. The predicted molar refractivity (Wildman–Crippen MR) is 100 cm³/mol. The van der Waals surface area contributed by atoms with E-state index in [0.29, 0.717) is 25.4 Å². The molecule has 0 bridgehead atoms. The van der Waals surface area contributed by atoms with Gasteiger partial charge in [-0.3, -0.25) is 4.79 Å². The minimum absolute atomic E-state index is 0.0630. The molecule has 27 heavy (non-hydrogen) atoms. The molecule has 0 spiro atoms. The summed E-state index contributed by atoms with van der Waals surface area (Å²) in [5, 5.41) is 0. The number of hydrogen-bond donors (Lipinski definition) is 0. The highest BCUT2D eigenvalue weighted by atomic mass is 19.1. The van der Waals surface area contributed by atoms with Gasteiger partial charge in [-0.25, -0.2) is 9.37 Å². The Morgan fingerprint density at radius 1 is 1.33 bits per heavy atom. The Morgan fingerprint density at radius 3 is 3.04 bits per heavy atom. The van der Waals surface area contributed by atoms with Gasteiger partial charge in [0.1, 0.15) is 11.3 Å². The lowest BCUT2D eigenvalue weighted by Crippen LogP contribution is -2.41. The van der Waals surface area contributed by atoms with Crippen molar-refractivity contribution >= 4 is 11.6 Å². The lowest BCUT2D eigenvalue weighted by Gasteiger charge is -2.32. The highest BCUT2D eigenvalue weighted by Gasteiger charge is 2.26. The summed E-state index contributed by atoms with van der Waals surface area (Å²) in [6.07, 6.45) is 5.55. The Bertz CT molecular complexity index is 969. The molecule has 1 amide bonds. The number of likely N-dealkylation sites (tertiary alicyclic amines) is 1. The van der Waals surface area contributed by atoms with Gasteiger partial charge in [-0.05, 0) is 49.6 Å². The number of imidazole rings is 1. The molecule has 0 saturated carbocycles. The second-order valence-corrected chi connectivity index (χ2v) is 7.10. The van der Waals surface area contributed by atoms with Gasteiger partial charge in [0.05, 0.1) is 6.61 Å². The van der Waals surface area contributed by atoms with Crippen LogP contribution in [-0.4, -0.2) is 39.9 Å². The number of aromatic nitrogens is 2. The molecule has 1 saturated heterocycles. The van der Waals surface area contributed by atoms with Gasteiger partial charge in [0.25, 0.3) is 5.91 Å². The second-order valence-electron chi connectivity index (χ2n) is 7.10. The molecule has 1 aliphatic heterocycles. The maximum absolute atomic E-state index is 13.7. The van der Waals surface area contributed by atoms with E-state index in [0.717, 1.165) is 24.1 Å². The molecule has 3 aromatic rings. The summed E-state index contributed by atoms with van der Waals surface area (Å²) < 4.78 is 21.2. The minimum atomic E-state index is -0.360. The van der Waals surface area contributed by atoms with Gasteiger partial charge in [0.15, 0.2) is 11.6 Å². The fourth-order valence-corrected chi connectivity index (χ4v) is 3.50. The van der Waals surface area contributed by atoms with Gasteiger partial charge < -0.3 is 14.0 Å². The third-order valence-electron chi connectivity index (χ3n) is 4.95. The Balaban J connectivity index is 1.42. The molecule has 0 aliphatic carbocycles. The predicted octanol–water partition coefficient (Wildman–Crippen LogP) is 3.71. The highest BCUT2D eigenvalue weighted by molar-refractivity contribution is 5.93. The molecule has 0 radical (unpaired) electrons. The van der Waals surface area contributed by atoms with Gasteiger partial charge in [-0.2, -0.15) is 0 Å². The van der Waals surface area contributed by atoms with Crippen LogP contribution < -0.4 is 4.74 Å². The molecule has 1 aromatic carbocycles. The van der Waals surface area contributed by atoms with Gasteiger partial charge in [-0.15, -0.1) is 0 Å². The Morgan fingerprint density at radius 2 is 2.19 bits per heavy atom. The fourth-order valence-electron chi connectivity index (χ4n) is 3.50. The SMILES string of the molecule is Cc1ccn2cc(C(=O)N3CCCC(COc4ccccc4F)C3)nc2c1. The summed E-state index contributed by atoms with van der Waals surface area (Å²) in [5.41, 5.74) is 2.33. The van der Waals surface area contributed by atoms with E-state index < -0.39 is 0 Å². The summed E-state index contributed by atoms with van der Waals surface area (Å²) in [6, 6.07) is 10.3. The third kappa shape index (κ3) is 3.79. The molecule has 4 rings (SSSR count). The highest BCUT2D eigenvalue weighted by Crippen LogP contribution is 2.22. The number of piperidine rings is 1. The van der Waals surface area contributed by atoms with Crippen LogP contribution in [0, 0.1) is 18.7 Å². The fraction of sp³-hybridized carbons (Fsp3) is 0.333. The van der Waals surface area contributed by atoms with Crippen LogP contribution in [0.25, 0.3) is 5.65 Å². The minimum Gasteiger partial charge on any atom is -0.490 e. The number of para-hydroxylation sites is 1. The normalized spacial score (nSPS) is 17.3. The number of ether oxygens (including phenoxy) is 1. The first-order valence-electron chi connectivity index (χ1n) is 9.22. The topological polar surface area (TPSA) is 46.8 Å². The number of carbonyl (C=O) groups excluding carboxylic acids is 1. The van der Waals surface area contributed by atoms with E-state index in [1.54, 1.807) is 24.4 Å². The molecule has 2 aromatic heterocycles. The smallest absolute Gasteiger partial charge is 0.274 e. The molecule has 1 fully saturated rings. The molecule has 0 N–H and O–H groups in total. The average Bonchev–Trinajstić information content (AvgIpc) is 3.10. The summed E-state index contributed by atoms with van der Waals surface area (Å²) in [6.45, 7) is 3.71. The van der Waals surface area contributed by atoms with Gasteiger partial charge in [0.2, 0.25) is 0 Å². The van der Waals surface area contributed by atoms with Gasteiger partial charge >= 0.3 is 0 Å². The summed E-state index contributed by atoms with van der Waals surface area (Å²) in [7, 11) is 0. The van der Waals surface area contributed by atoms with Crippen LogP contribution in [0.15, 0.2) is 48.8 Å². The van der Waals surface area contributed by atoms with E-state index in [2.05, 4.69) is 4.98 Å². The zero-order chi connectivity index (χ0) is 18.8. The van der Waals surface area contributed by atoms with E-state index in [1.807, 2.05) is 34.6 Å². The monoisotopic (exact) mass is 367 g/mol. The van der Waals surface area contributed by atoms with Crippen molar-refractivity contribution in [2.75, 3.05) is 19.7 Å². The first-order valence-corrected chi connectivity index (χ1v) is 9.22. The number of carbonyl (C=O) groups is 1. The lowest BCUT2D eigenvalue weighted by atomic mass is 9.98. The van der Waals surface area contributed by atoms with Crippen LogP contribution in [0.4, 0.5) is 4.39 Å². The number of benzene rings is 1. The van der Waals surface area contributed by atoms with Crippen LogP contribution in [0.1, 0.15) is 28.9 Å². The van der Waals surface area contributed by atoms with Crippen molar-refractivity contribution < 1.29 is 13.9 Å². The standard InChI is InChI=1S/C21H22FN3O2/c1-15-8-10-24-13-18(23-20(24)11-15)21(26)25-9-4-5-16(12-25)14-27-19-7-3-2-6-17(19)22/h2-3,6-8,10-11,13,16H,4-5,9,12,14H2,1H3. The van der Waals surface area contributed by atoms with Crippen LogP contribution in [-0.2, 0) is 0 Å². The van der Waals surface area contributed by atoms with Crippen molar-refractivity contribution in [3.8, 4) is 5.75 Å². The van der Waals surface area contributed by atoms with Gasteiger partial charge in [0, 0.05) is 31.4 Å². The van der Waals surface area contributed by atoms with Crippen molar-refractivity contribution in [3.63, 3.8) is 0 Å². The molecular formula is C21H22FN3O2. The molecule has 5 nitrogen and oxygen atoms in total. The van der Waals surface area contributed by atoms with Crippen molar-refractivity contribution in [3.05, 3.63) is 65.9 Å². The quantitative estimate of drug-likeness (QED) is 0.706. The second kappa shape index (κ2) is 7.39. The summed E-state index contributed by atoms with van der Waals surface area (Å²) in [5.74, 6) is 0.0198. The van der Waals surface area contributed by atoms with Crippen molar-refractivity contribution in [2.24, 2.45) is 5.92 Å². The molecule has 1 aliphatic rings. The molecule has 3 heterocycles. The van der Waals surface area contributed by atoms with E-state index >= 15 is 0 Å². The van der Waals surface area contributed by atoms with Crippen LogP contribution in [0.2, 0.25) is 0 Å². The molecule has 1 unspecified atom stereocenters. The van der Waals surface area contributed by atoms with Crippen molar-refractivity contribution in [1.82, 2.24) is 14.3 Å². The van der Waals surface area contributed by atoms with Crippen molar-refractivity contribution in [2.45, 2.75) is 19.8 Å². The molecular weight excluding hydrogens is 345 g/mol. The maximum atomic E-state index is 13.7.